The number of benzene rings is 1. The van der Waals surface area contributed by atoms with E-state index in [9.17, 15) is 9.59 Å². The number of nitrogens with one attached hydrogen (secondary N) is 1. The largest absolute Gasteiger partial charge is 0.493 e. The number of Topliss-reactive ketones (excluding diaryl/α,β-unsaturated/α-hetero) is 1. The van der Waals surface area contributed by atoms with Crippen molar-refractivity contribution in [3.05, 3.63) is 53.9 Å². The number of fused-ring (bicyclic) bond motifs is 1. The number of carbonyl (C=O) groups is 2. The van der Waals surface area contributed by atoms with E-state index in [-0.39, 0.29) is 5.92 Å². The van der Waals surface area contributed by atoms with Crippen LogP contribution in [0.2, 0.25) is 0 Å². The monoisotopic (exact) mass is 298 g/mol. The summed E-state index contributed by atoms with van der Waals surface area (Å²) in [6, 6.07) is 11.3. The van der Waals surface area contributed by atoms with Crippen LogP contribution in [-0.4, -0.2) is 29.4 Å². The fourth-order valence-corrected chi connectivity index (χ4v) is 2.65. The van der Waals surface area contributed by atoms with E-state index in [1.807, 2.05) is 24.3 Å². The summed E-state index contributed by atoms with van der Waals surface area (Å²) in [4.78, 5) is 24.0. The number of hydrogen-bond donors (Lipinski definition) is 1. The maximum atomic E-state index is 12.0. The molecule has 2 aromatic rings. The summed E-state index contributed by atoms with van der Waals surface area (Å²) in [5.41, 5.74) is 1.53. The number of aromatic nitrogens is 1. The molecular formula is C17H18N2O3. The third-order valence-corrected chi connectivity index (χ3v) is 3.89. The van der Waals surface area contributed by atoms with Crippen LogP contribution in [0.25, 0.3) is 0 Å². The number of amides is 1. The van der Waals surface area contributed by atoms with Gasteiger partial charge in [-0.1, -0.05) is 18.2 Å². The van der Waals surface area contributed by atoms with Crippen molar-refractivity contribution in [2.45, 2.75) is 6.42 Å². The number of carbonyl (C=O) groups excluding carboxylic acids is 2. The fraction of sp³-hybridized carbons (Fsp3) is 0.294. The van der Waals surface area contributed by atoms with Crippen molar-refractivity contribution in [3.8, 4) is 5.75 Å². The Hall–Kier alpha value is -2.56. The molecule has 114 valence electrons. The van der Waals surface area contributed by atoms with Gasteiger partial charge in [-0.05, 0) is 30.2 Å². The average molecular weight is 298 g/mol. The molecule has 0 aliphatic carbocycles. The third kappa shape index (κ3) is 2.88. The molecule has 0 fully saturated rings. The Labute approximate surface area is 128 Å². The molecule has 1 aromatic carbocycles. The summed E-state index contributed by atoms with van der Waals surface area (Å²) in [6.45, 7) is 0.985. The van der Waals surface area contributed by atoms with Gasteiger partial charge in [0, 0.05) is 25.7 Å². The molecule has 0 saturated heterocycles. The second-order valence-corrected chi connectivity index (χ2v) is 5.53. The maximum Gasteiger partial charge on any atom is 0.294 e. The van der Waals surface area contributed by atoms with Gasteiger partial charge in [0.25, 0.3) is 11.7 Å². The normalized spacial score (nSPS) is 16.5. The molecule has 1 N–H and O–H groups in total. The van der Waals surface area contributed by atoms with Crippen LogP contribution in [0, 0.1) is 5.92 Å². The number of aryl methyl sites for hydroxylation is 1. The van der Waals surface area contributed by atoms with Gasteiger partial charge in [-0.3, -0.25) is 9.59 Å². The summed E-state index contributed by atoms with van der Waals surface area (Å²) in [6.07, 6.45) is 2.58. The summed E-state index contributed by atoms with van der Waals surface area (Å²) >= 11 is 0. The SMILES string of the molecule is Cn1cccc1C(=O)C(=O)NCC1COc2ccccc2C1. The Morgan fingerprint density at radius 1 is 1.27 bits per heavy atom. The van der Waals surface area contributed by atoms with E-state index in [0.717, 1.165) is 17.7 Å². The summed E-state index contributed by atoms with van der Waals surface area (Å²) in [5.74, 6) is 0.00955. The lowest BCUT2D eigenvalue weighted by atomic mass is 9.97. The molecule has 5 heteroatoms. The summed E-state index contributed by atoms with van der Waals surface area (Å²) in [7, 11) is 1.74. The van der Waals surface area contributed by atoms with E-state index in [1.54, 1.807) is 29.9 Å². The first-order chi connectivity index (χ1) is 10.6. The predicted molar refractivity (Wildman–Crippen MR) is 81.9 cm³/mol. The molecule has 5 nitrogen and oxygen atoms in total. The van der Waals surface area contributed by atoms with Gasteiger partial charge < -0.3 is 14.6 Å². The molecule has 1 aromatic heterocycles. The zero-order valence-corrected chi connectivity index (χ0v) is 12.4. The topological polar surface area (TPSA) is 60.3 Å². The van der Waals surface area contributed by atoms with Crippen LogP contribution in [0.3, 0.4) is 0 Å². The third-order valence-electron chi connectivity index (χ3n) is 3.89. The number of para-hydroxylation sites is 1. The van der Waals surface area contributed by atoms with E-state index in [0.29, 0.717) is 18.8 Å². The number of rotatable bonds is 4. The first-order valence-electron chi connectivity index (χ1n) is 7.29. The quantitative estimate of drug-likeness (QED) is 0.688. The van der Waals surface area contributed by atoms with E-state index < -0.39 is 11.7 Å². The van der Waals surface area contributed by atoms with Crippen molar-refractivity contribution in [2.24, 2.45) is 13.0 Å². The van der Waals surface area contributed by atoms with Crippen LogP contribution >= 0.6 is 0 Å². The van der Waals surface area contributed by atoms with Crippen LogP contribution in [-0.2, 0) is 18.3 Å². The minimum atomic E-state index is -0.569. The minimum absolute atomic E-state index is 0.181. The second kappa shape index (κ2) is 6.05. The van der Waals surface area contributed by atoms with E-state index >= 15 is 0 Å². The molecule has 1 atom stereocenters. The number of ketones is 1. The Balaban J connectivity index is 1.56. The Kier molecular flexibility index (Phi) is 3.96. The molecule has 22 heavy (non-hydrogen) atoms. The van der Waals surface area contributed by atoms with Gasteiger partial charge in [-0.15, -0.1) is 0 Å². The first-order valence-corrected chi connectivity index (χ1v) is 7.29. The van der Waals surface area contributed by atoms with E-state index in [1.165, 1.54) is 0 Å². The maximum absolute atomic E-state index is 12.0. The van der Waals surface area contributed by atoms with Crippen molar-refractivity contribution in [3.63, 3.8) is 0 Å². The molecule has 0 radical (unpaired) electrons. The Morgan fingerprint density at radius 2 is 2.09 bits per heavy atom. The minimum Gasteiger partial charge on any atom is -0.493 e. The van der Waals surface area contributed by atoms with Crippen molar-refractivity contribution in [2.75, 3.05) is 13.2 Å². The van der Waals surface area contributed by atoms with Gasteiger partial charge in [0.05, 0.1) is 12.3 Å². The zero-order valence-electron chi connectivity index (χ0n) is 12.4. The van der Waals surface area contributed by atoms with Gasteiger partial charge >= 0.3 is 0 Å². The lowest BCUT2D eigenvalue weighted by Gasteiger charge is -2.25. The molecule has 2 heterocycles. The first kappa shape index (κ1) is 14.4. The average Bonchev–Trinajstić information content (AvgIpc) is 2.97. The van der Waals surface area contributed by atoms with Gasteiger partial charge in [-0.2, -0.15) is 0 Å². The number of nitrogens with zero attached hydrogens (tertiary/aromatic N) is 1. The van der Waals surface area contributed by atoms with Crippen LogP contribution < -0.4 is 10.1 Å². The molecule has 3 rings (SSSR count). The smallest absolute Gasteiger partial charge is 0.294 e. The van der Waals surface area contributed by atoms with Gasteiger partial charge in [0.1, 0.15) is 5.75 Å². The standard InChI is InChI=1S/C17H18N2O3/c1-19-8-4-6-14(19)16(20)17(21)18-10-12-9-13-5-2-3-7-15(13)22-11-12/h2-8,12H,9-11H2,1H3,(H,18,21). The van der Waals surface area contributed by atoms with E-state index in [2.05, 4.69) is 5.32 Å². The molecule has 0 spiro atoms. The van der Waals surface area contributed by atoms with Crippen molar-refractivity contribution >= 4 is 11.7 Å². The van der Waals surface area contributed by atoms with Crippen LogP contribution in [0.5, 0.6) is 5.75 Å². The highest BCUT2D eigenvalue weighted by molar-refractivity contribution is 6.42. The van der Waals surface area contributed by atoms with Crippen molar-refractivity contribution in [1.29, 1.82) is 0 Å². The van der Waals surface area contributed by atoms with Crippen molar-refractivity contribution in [1.82, 2.24) is 9.88 Å². The van der Waals surface area contributed by atoms with E-state index in [4.69, 9.17) is 4.74 Å². The van der Waals surface area contributed by atoms with Crippen molar-refractivity contribution < 1.29 is 14.3 Å². The number of ether oxygens (including phenoxy) is 1. The highest BCUT2D eigenvalue weighted by Crippen LogP contribution is 2.26. The molecule has 1 unspecified atom stereocenters. The van der Waals surface area contributed by atoms with Crippen LogP contribution in [0.4, 0.5) is 0 Å². The van der Waals surface area contributed by atoms with Crippen LogP contribution in [0.15, 0.2) is 42.6 Å². The number of hydrogen-bond acceptors (Lipinski definition) is 3. The van der Waals surface area contributed by atoms with Gasteiger partial charge in [0.15, 0.2) is 0 Å². The van der Waals surface area contributed by atoms with Gasteiger partial charge in [-0.25, -0.2) is 0 Å². The molecule has 0 saturated carbocycles. The highest BCUT2D eigenvalue weighted by atomic mass is 16.5. The summed E-state index contributed by atoms with van der Waals surface area (Å²) in [5, 5.41) is 2.72. The molecule has 1 aliphatic heterocycles. The lowest BCUT2D eigenvalue weighted by Crippen LogP contribution is -2.38. The lowest BCUT2D eigenvalue weighted by molar-refractivity contribution is -0.117. The molecule has 1 amide bonds. The zero-order chi connectivity index (χ0) is 15.5. The molecule has 0 bridgehead atoms. The van der Waals surface area contributed by atoms with Crippen LogP contribution in [0.1, 0.15) is 16.1 Å². The highest BCUT2D eigenvalue weighted by Gasteiger charge is 2.23. The Bertz CT molecular complexity index is 705. The second-order valence-electron chi connectivity index (χ2n) is 5.53. The fourth-order valence-electron chi connectivity index (χ4n) is 2.65. The summed E-state index contributed by atoms with van der Waals surface area (Å²) < 4.78 is 7.32. The Morgan fingerprint density at radius 3 is 2.86 bits per heavy atom. The molecule has 1 aliphatic rings. The molecular weight excluding hydrogens is 280 g/mol. The predicted octanol–water partition coefficient (Wildman–Crippen LogP) is 1.58. The van der Waals surface area contributed by atoms with Gasteiger partial charge in [0.2, 0.25) is 0 Å².